The van der Waals surface area contributed by atoms with Gasteiger partial charge in [0, 0.05) is 0 Å². The highest BCUT2D eigenvalue weighted by Gasteiger charge is 2.04. The molecule has 0 aromatic heterocycles. The van der Waals surface area contributed by atoms with Crippen LogP contribution in [0.4, 0.5) is 0 Å². The van der Waals surface area contributed by atoms with E-state index in [2.05, 4.69) is 39.8 Å². The highest BCUT2D eigenvalue weighted by Crippen LogP contribution is 2.24. The second kappa shape index (κ2) is 12.0. The first-order chi connectivity index (χ1) is 8.29. The third-order valence-electron chi connectivity index (χ3n) is 3.29. The molecular formula is C17H32. The Balaban J connectivity index is 4.66. The van der Waals surface area contributed by atoms with Crippen LogP contribution < -0.4 is 0 Å². The maximum Gasteiger partial charge on any atom is -0.0280 e. The van der Waals surface area contributed by atoms with Crippen molar-refractivity contribution in [3.63, 3.8) is 0 Å². The first-order valence-corrected chi connectivity index (χ1v) is 7.63. The number of hydrogen-bond donors (Lipinski definition) is 0. The SMILES string of the molecule is CC=CC(CCCC)=C(CCCC)CCCC. The molecule has 100 valence electrons. The van der Waals surface area contributed by atoms with E-state index >= 15 is 0 Å². The number of unbranched alkanes of at least 4 members (excludes halogenated alkanes) is 3. The topological polar surface area (TPSA) is 0 Å². The summed E-state index contributed by atoms with van der Waals surface area (Å²) < 4.78 is 0. The molecule has 0 nitrogen and oxygen atoms in total. The lowest BCUT2D eigenvalue weighted by molar-refractivity contribution is 0.693. The van der Waals surface area contributed by atoms with Crippen LogP contribution >= 0.6 is 0 Å². The van der Waals surface area contributed by atoms with Gasteiger partial charge >= 0.3 is 0 Å². The monoisotopic (exact) mass is 236 g/mol. The molecule has 0 N–H and O–H groups in total. The van der Waals surface area contributed by atoms with Gasteiger partial charge in [0.25, 0.3) is 0 Å². The molecule has 0 aliphatic heterocycles. The van der Waals surface area contributed by atoms with Gasteiger partial charge in [-0.3, -0.25) is 0 Å². The summed E-state index contributed by atoms with van der Waals surface area (Å²) >= 11 is 0. The van der Waals surface area contributed by atoms with Gasteiger partial charge in [-0.15, -0.1) is 0 Å². The smallest absolute Gasteiger partial charge is 0.0280 e. The Morgan fingerprint density at radius 1 is 0.765 bits per heavy atom. The first-order valence-electron chi connectivity index (χ1n) is 7.63. The van der Waals surface area contributed by atoms with Gasteiger partial charge in [-0.2, -0.15) is 0 Å². The summed E-state index contributed by atoms with van der Waals surface area (Å²) in [5, 5.41) is 0. The van der Waals surface area contributed by atoms with E-state index < -0.39 is 0 Å². The Bertz CT molecular complexity index is 210. The molecule has 0 saturated heterocycles. The van der Waals surface area contributed by atoms with Crippen molar-refractivity contribution in [2.75, 3.05) is 0 Å². The van der Waals surface area contributed by atoms with E-state index in [0.717, 1.165) is 0 Å². The highest BCUT2D eigenvalue weighted by atomic mass is 14.1. The number of rotatable bonds is 10. The Morgan fingerprint density at radius 3 is 1.65 bits per heavy atom. The van der Waals surface area contributed by atoms with Crippen LogP contribution in [-0.2, 0) is 0 Å². The molecule has 0 saturated carbocycles. The van der Waals surface area contributed by atoms with E-state index in [-0.39, 0.29) is 0 Å². The largest absolute Gasteiger partial charge is 0.0874 e. The van der Waals surface area contributed by atoms with Crippen LogP contribution in [0.25, 0.3) is 0 Å². The van der Waals surface area contributed by atoms with Crippen LogP contribution in [0, 0.1) is 0 Å². The molecule has 0 radical (unpaired) electrons. The Hall–Kier alpha value is -0.520. The van der Waals surface area contributed by atoms with E-state index in [9.17, 15) is 0 Å². The molecule has 0 atom stereocenters. The van der Waals surface area contributed by atoms with E-state index in [1.807, 2.05) is 0 Å². The molecule has 0 heterocycles. The van der Waals surface area contributed by atoms with Gasteiger partial charge in [0.15, 0.2) is 0 Å². The zero-order valence-corrected chi connectivity index (χ0v) is 12.5. The third kappa shape index (κ3) is 8.24. The summed E-state index contributed by atoms with van der Waals surface area (Å²) in [7, 11) is 0. The summed E-state index contributed by atoms with van der Waals surface area (Å²) in [6.07, 6.45) is 16.5. The van der Waals surface area contributed by atoms with Crippen LogP contribution in [0.1, 0.15) is 85.5 Å². The van der Waals surface area contributed by atoms with Crippen molar-refractivity contribution in [2.45, 2.75) is 85.5 Å². The summed E-state index contributed by atoms with van der Waals surface area (Å²) in [6, 6.07) is 0. The molecule has 0 heteroatoms. The Kier molecular flexibility index (Phi) is 11.6. The van der Waals surface area contributed by atoms with E-state index in [4.69, 9.17) is 0 Å². The van der Waals surface area contributed by atoms with Gasteiger partial charge in [0.2, 0.25) is 0 Å². The Morgan fingerprint density at radius 2 is 1.24 bits per heavy atom. The molecule has 0 aromatic carbocycles. The fraction of sp³-hybridized carbons (Fsp3) is 0.765. The lowest BCUT2D eigenvalue weighted by Crippen LogP contribution is -1.93. The molecule has 0 aromatic rings. The predicted octanol–water partition coefficient (Wildman–Crippen LogP) is 6.43. The summed E-state index contributed by atoms with van der Waals surface area (Å²) in [5.74, 6) is 0. The molecule has 0 aliphatic rings. The van der Waals surface area contributed by atoms with Crippen LogP contribution in [0.15, 0.2) is 23.3 Å². The standard InChI is InChI=1S/C17H32/c1-5-9-13-16(12-8-4)17(14-10-6-2)15-11-7-3/h8,12H,5-7,9-11,13-15H2,1-4H3. The van der Waals surface area contributed by atoms with Gasteiger partial charge in [-0.05, 0) is 51.0 Å². The predicted molar refractivity (Wildman–Crippen MR) is 80.4 cm³/mol. The van der Waals surface area contributed by atoms with Crippen LogP contribution in [0.2, 0.25) is 0 Å². The normalized spacial score (nSPS) is 11.1. The minimum Gasteiger partial charge on any atom is -0.0874 e. The minimum absolute atomic E-state index is 1.28. The van der Waals surface area contributed by atoms with Crippen LogP contribution in [-0.4, -0.2) is 0 Å². The molecule has 0 unspecified atom stereocenters. The van der Waals surface area contributed by atoms with E-state index in [0.29, 0.717) is 0 Å². The zero-order valence-electron chi connectivity index (χ0n) is 12.5. The van der Waals surface area contributed by atoms with E-state index in [1.54, 1.807) is 11.1 Å². The van der Waals surface area contributed by atoms with Gasteiger partial charge in [-0.25, -0.2) is 0 Å². The first kappa shape index (κ1) is 16.5. The second-order valence-corrected chi connectivity index (χ2v) is 4.94. The quantitative estimate of drug-likeness (QED) is 0.383. The Labute approximate surface area is 109 Å². The van der Waals surface area contributed by atoms with Crippen molar-refractivity contribution in [1.82, 2.24) is 0 Å². The molecule has 0 fully saturated rings. The second-order valence-electron chi connectivity index (χ2n) is 4.94. The van der Waals surface area contributed by atoms with Crippen molar-refractivity contribution >= 4 is 0 Å². The summed E-state index contributed by atoms with van der Waals surface area (Å²) in [5.41, 5.74) is 3.37. The molecular weight excluding hydrogens is 204 g/mol. The zero-order chi connectivity index (χ0) is 12.9. The van der Waals surface area contributed by atoms with Crippen molar-refractivity contribution in [1.29, 1.82) is 0 Å². The van der Waals surface area contributed by atoms with Gasteiger partial charge < -0.3 is 0 Å². The van der Waals surface area contributed by atoms with Crippen molar-refractivity contribution < 1.29 is 0 Å². The summed E-state index contributed by atoms with van der Waals surface area (Å²) in [6.45, 7) is 9.01. The molecule has 17 heavy (non-hydrogen) atoms. The summed E-state index contributed by atoms with van der Waals surface area (Å²) in [4.78, 5) is 0. The average Bonchev–Trinajstić information content (AvgIpc) is 2.35. The van der Waals surface area contributed by atoms with Crippen molar-refractivity contribution in [3.05, 3.63) is 23.3 Å². The minimum atomic E-state index is 1.28. The molecule has 0 rings (SSSR count). The number of hydrogen-bond acceptors (Lipinski definition) is 0. The maximum atomic E-state index is 2.36. The third-order valence-corrected chi connectivity index (χ3v) is 3.29. The molecule has 0 amide bonds. The maximum absolute atomic E-state index is 2.36. The van der Waals surface area contributed by atoms with E-state index in [1.165, 1.54) is 57.8 Å². The fourth-order valence-corrected chi connectivity index (χ4v) is 2.17. The van der Waals surface area contributed by atoms with Crippen molar-refractivity contribution in [3.8, 4) is 0 Å². The van der Waals surface area contributed by atoms with Gasteiger partial charge in [0.1, 0.15) is 0 Å². The van der Waals surface area contributed by atoms with Crippen LogP contribution in [0.5, 0.6) is 0 Å². The fourth-order valence-electron chi connectivity index (χ4n) is 2.17. The highest BCUT2D eigenvalue weighted by molar-refractivity contribution is 5.25. The molecule has 0 spiro atoms. The van der Waals surface area contributed by atoms with Crippen LogP contribution in [0.3, 0.4) is 0 Å². The van der Waals surface area contributed by atoms with Gasteiger partial charge in [0.05, 0.1) is 0 Å². The molecule has 0 aliphatic carbocycles. The van der Waals surface area contributed by atoms with Gasteiger partial charge in [-0.1, -0.05) is 57.8 Å². The lowest BCUT2D eigenvalue weighted by atomic mass is 9.94. The lowest BCUT2D eigenvalue weighted by Gasteiger charge is -2.12. The van der Waals surface area contributed by atoms with Crippen molar-refractivity contribution in [2.24, 2.45) is 0 Å². The molecule has 0 bridgehead atoms. The number of allylic oxidation sites excluding steroid dienone is 4. The average molecular weight is 236 g/mol.